The molecule has 3 heteroatoms. The minimum Gasteiger partial charge on any atom is -0.341 e. The monoisotopic (exact) mass is 294 g/mol. The van der Waals surface area contributed by atoms with E-state index in [1.54, 1.807) is 0 Å². The number of amides is 1. The van der Waals surface area contributed by atoms with E-state index in [1.807, 2.05) is 0 Å². The van der Waals surface area contributed by atoms with Crippen molar-refractivity contribution in [1.82, 2.24) is 10.2 Å². The topological polar surface area (TPSA) is 32.3 Å². The van der Waals surface area contributed by atoms with Crippen LogP contribution in [0, 0.1) is 11.8 Å². The molecule has 2 rings (SSSR count). The number of unbranched alkanes of at least 4 members (excludes halogenated alkanes) is 4. The highest BCUT2D eigenvalue weighted by atomic mass is 16.2. The molecule has 2 aliphatic rings. The average Bonchev–Trinajstić information content (AvgIpc) is 3.08. The molecule has 1 heterocycles. The van der Waals surface area contributed by atoms with Gasteiger partial charge in [0.05, 0.1) is 6.04 Å². The maximum Gasteiger partial charge on any atom is 0.240 e. The standard InChI is InChI=1S/C18H34N2O/c1-3-5-7-12-20(13-8-6-4-2)18(21)17-16-11-9-10-15(16)14-19-17/h15-17,19H,3-14H2,1-2H3. The number of hydrogen-bond donors (Lipinski definition) is 1. The Morgan fingerprint density at radius 3 is 2.33 bits per heavy atom. The number of carbonyl (C=O) groups excluding carboxylic acids is 1. The van der Waals surface area contributed by atoms with Gasteiger partial charge in [0.1, 0.15) is 0 Å². The van der Waals surface area contributed by atoms with Gasteiger partial charge in [-0.15, -0.1) is 0 Å². The molecule has 0 aromatic heterocycles. The van der Waals surface area contributed by atoms with Gasteiger partial charge in [0.25, 0.3) is 0 Å². The number of nitrogens with one attached hydrogen (secondary N) is 1. The Morgan fingerprint density at radius 1 is 1.05 bits per heavy atom. The van der Waals surface area contributed by atoms with Crippen LogP contribution in [0.1, 0.15) is 71.6 Å². The molecule has 1 amide bonds. The normalized spacial score (nSPS) is 27.8. The summed E-state index contributed by atoms with van der Waals surface area (Å²) in [6.45, 7) is 7.45. The van der Waals surface area contributed by atoms with Crippen molar-refractivity contribution >= 4 is 5.91 Å². The fourth-order valence-electron chi connectivity index (χ4n) is 4.09. The number of hydrogen-bond acceptors (Lipinski definition) is 2. The zero-order valence-corrected chi connectivity index (χ0v) is 14.1. The van der Waals surface area contributed by atoms with Crippen LogP contribution in [-0.2, 0) is 4.79 Å². The molecule has 0 aromatic rings. The highest BCUT2D eigenvalue weighted by Gasteiger charge is 2.43. The van der Waals surface area contributed by atoms with Crippen LogP contribution in [0.5, 0.6) is 0 Å². The summed E-state index contributed by atoms with van der Waals surface area (Å²) < 4.78 is 0. The van der Waals surface area contributed by atoms with E-state index >= 15 is 0 Å². The molecule has 1 N–H and O–H groups in total. The van der Waals surface area contributed by atoms with E-state index in [0.29, 0.717) is 11.8 Å². The van der Waals surface area contributed by atoms with Crippen LogP contribution in [0.15, 0.2) is 0 Å². The Balaban J connectivity index is 1.88. The summed E-state index contributed by atoms with van der Waals surface area (Å²) in [7, 11) is 0. The first kappa shape index (κ1) is 16.8. The van der Waals surface area contributed by atoms with Crippen molar-refractivity contribution in [3.8, 4) is 0 Å². The molecule has 0 radical (unpaired) electrons. The Labute approximate surface area is 130 Å². The van der Waals surface area contributed by atoms with E-state index < -0.39 is 0 Å². The summed E-state index contributed by atoms with van der Waals surface area (Å²) in [6, 6.07) is 0.126. The molecule has 3 atom stereocenters. The van der Waals surface area contributed by atoms with Crippen molar-refractivity contribution in [2.45, 2.75) is 77.7 Å². The number of carbonyl (C=O) groups is 1. The lowest BCUT2D eigenvalue weighted by Crippen LogP contribution is -2.47. The fraction of sp³-hybridized carbons (Fsp3) is 0.944. The SMILES string of the molecule is CCCCCN(CCCCC)C(=O)C1NCC2CCCC21. The smallest absolute Gasteiger partial charge is 0.240 e. The first-order valence-electron chi connectivity index (χ1n) is 9.30. The van der Waals surface area contributed by atoms with Crippen molar-refractivity contribution in [3.63, 3.8) is 0 Å². The lowest BCUT2D eigenvalue weighted by molar-refractivity contribution is -0.134. The van der Waals surface area contributed by atoms with E-state index in [-0.39, 0.29) is 6.04 Å². The quantitative estimate of drug-likeness (QED) is 0.659. The van der Waals surface area contributed by atoms with Crippen molar-refractivity contribution in [2.75, 3.05) is 19.6 Å². The maximum atomic E-state index is 12.9. The molecule has 0 bridgehead atoms. The fourth-order valence-corrected chi connectivity index (χ4v) is 4.09. The first-order valence-corrected chi connectivity index (χ1v) is 9.30. The molecule has 1 aliphatic heterocycles. The summed E-state index contributed by atoms with van der Waals surface area (Å²) in [5.41, 5.74) is 0. The molecular formula is C18H34N2O. The van der Waals surface area contributed by atoms with Crippen LogP contribution in [0.2, 0.25) is 0 Å². The summed E-state index contributed by atoms with van der Waals surface area (Å²) in [5.74, 6) is 1.79. The van der Waals surface area contributed by atoms with Crippen LogP contribution in [-0.4, -0.2) is 36.5 Å². The van der Waals surface area contributed by atoms with E-state index in [9.17, 15) is 4.79 Å². The number of rotatable bonds is 9. The van der Waals surface area contributed by atoms with Crippen LogP contribution in [0.25, 0.3) is 0 Å². The van der Waals surface area contributed by atoms with Gasteiger partial charge in [-0.25, -0.2) is 0 Å². The molecule has 122 valence electrons. The van der Waals surface area contributed by atoms with E-state index in [4.69, 9.17) is 0 Å². The predicted octanol–water partition coefficient (Wildman–Crippen LogP) is 3.58. The van der Waals surface area contributed by atoms with Crippen molar-refractivity contribution in [2.24, 2.45) is 11.8 Å². The van der Waals surface area contributed by atoms with Crippen LogP contribution >= 0.6 is 0 Å². The lowest BCUT2D eigenvalue weighted by Gasteiger charge is -2.28. The van der Waals surface area contributed by atoms with Gasteiger partial charge in [-0.05, 0) is 44.1 Å². The van der Waals surface area contributed by atoms with Gasteiger partial charge in [-0.1, -0.05) is 46.0 Å². The summed E-state index contributed by atoms with van der Waals surface area (Å²) in [4.78, 5) is 15.1. The van der Waals surface area contributed by atoms with Gasteiger partial charge in [-0.2, -0.15) is 0 Å². The van der Waals surface area contributed by atoms with Crippen LogP contribution in [0.3, 0.4) is 0 Å². The molecule has 0 spiro atoms. The minimum atomic E-state index is 0.126. The van der Waals surface area contributed by atoms with Gasteiger partial charge in [0.2, 0.25) is 5.91 Å². The molecule has 0 aromatic carbocycles. The zero-order chi connectivity index (χ0) is 15.1. The van der Waals surface area contributed by atoms with Crippen molar-refractivity contribution < 1.29 is 4.79 Å². The highest BCUT2D eigenvalue weighted by Crippen LogP contribution is 2.38. The maximum absolute atomic E-state index is 12.9. The number of nitrogens with zero attached hydrogens (tertiary/aromatic N) is 1. The molecule has 3 unspecified atom stereocenters. The van der Waals surface area contributed by atoms with E-state index in [2.05, 4.69) is 24.1 Å². The Bertz CT molecular complexity index is 308. The summed E-state index contributed by atoms with van der Waals surface area (Å²) in [5, 5.41) is 3.53. The lowest BCUT2D eigenvalue weighted by atomic mass is 9.93. The molecule has 1 saturated carbocycles. The van der Waals surface area contributed by atoms with Gasteiger partial charge < -0.3 is 10.2 Å². The summed E-state index contributed by atoms with van der Waals surface area (Å²) >= 11 is 0. The molecule has 21 heavy (non-hydrogen) atoms. The third-order valence-electron chi connectivity index (χ3n) is 5.39. The predicted molar refractivity (Wildman–Crippen MR) is 88.3 cm³/mol. The van der Waals surface area contributed by atoms with Gasteiger partial charge in [-0.3, -0.25) is 4.79 Å². The van der Waals surface area contributed by atoms with Crippen LogP contribution in [0.4, 0.5) is 0 Å². The Kier molecular flexibility index (Phi) is 7.01. The van der Waals surface area contributed by atoms with Crippen molar-refractivity contribution in [1.29, 1.82) is 0 Å². The highest BCUT2D eigenvalue weighted by molar-refractivity contribution is 5.82. The molecule has 2 fully saturated rings. The minimum absolute atomic E-state index is 0.126. The van der Waals surface area contributed by atoms with E-state index in [0.717, 1.165) is 38.4 Å². The van der Waals surface area contributed by atoms with Crippen LogP contribution < -0.4 is 5.32 Å². The Morgan fingerprint density at radius 2 is 1.71 bits per heavy atom. The second-order valence-corrected chi connectivity index (χ2v) is 6.98. The molecule has 1 saturated heterocycles. The molecular weight excluding hydrogens is 260 g/mol. The number of fused-ring (bicyclic) bond motifs is 1. The summed E-state index contributed by atoms with van der Waals surface area (Å²) in [6.07, 6.45) is 11.2. The zero-order valence-electron chi connectivity index (χ0n) is 14.1. The second kappa shape index (κ2) is 8.77. The molecule has 1 aliphatic carbocycles. The van der Waals surface area contributed by atoms with Gasteiger partial charge in [0.15, 0.2) is 0 Å². The largest absolute Gasteiger partial charge is 0.341 e. The van der Waals surface area contributed by atoms with Gasteiger partial charge >= 0.3 is 0 Å². The first-order chi connectivity index (χ1) is 10.3. The third kappa shape index (κ3) is 4.45. The van der Waals surface area contributed by atoms with Crippen molar-refractivity contribution in [3.05, 3.63) is 0 Å². The third-order valence-corrected chi connectivity index (χ3v) is 5.39. The average molecular weight is 294 g/mol. The van der Waals surface area contributed by atoms with Gasteiger partial charge in [0, 0.05) is 13.1 Å². The van der Waals surface area contributed by atoms with E-state index in [1.165, 1.54) is 44.9 Å². The Hall–Kier alpha value is -0.570. The molecule has 3 nitrogen and oxygen atoms in total. The second-order valence-electron chi connectivity index (χ2n) is 6.98.